The van der Waals surface area contributed by atoms with Gasteiger partial charge in [0.2, 0.25) is 0 Å². The Kier molecular flexibility index (Phi) is 4.64. The fourth-order valence-electron chi connectivity index (χ4n) is 2.92. The third-order valence-corrected chi connectivity index (χ3v) is 4.19. The van der Waals surface area contributed by atoms with Crippen LogP contribution in [0, 0.1) is 10.1 Å². The third kappa shape index (κ3) is 3.44. The molecule has 1 aromatic heterocycles. The number of methoxy groups -OCH3 is 1. The van der Waals surface area contributed by atoms with Crippen molar-refractivity contribution in [3.8, 4) is 0 Å². The number of carbonyl (C=O) groups excluding carboxylic acids is 1. The molecule has 1 aromatic carbocycles. The molecule has 2 heterocycles. The van der Waals surface area contributed by atoms with Crippen molar-refractivity contribution < 1.29 is 14.5 Å². The van der Waals surface area contributed by atoms with E-state index in [0.29, 0.717) is 12.2 Å². The number of nitrogens with zero attached hydrogens (tertiary/aromatic N) is 4. The molecule has 1 aliphatic heterocycles. The lowest BCUT2D eigenvalue weighted by molar-refractivity contribution is -0.385. The largest absolute Gasteiger partial charge is 0.465 e. The summed E-state index contributed by atoms with van der Waals surface area (Å²) in [4.78, 5) is 26.8. The van der Waals surface area contributed by atoms with Crippen LogP contribution in [0.1, 0.15) is 35.4 Å². The van der Waals surface area contributed by atoms with Crippen molar-refractivity contribution in [1.82, 2.24) is 14.8 Å². The number of ether oxygens (including phenoxy) is 1. The van der Waals surface area contributed by atoms with E-state index in [4.69, 9.17) is 0 Å². The predicted molar refractivity (Wildman–Crippen MR) is 89.6 cm³/mol. The smallest absolute Gasteiger partial charge is 0.344 e. The van der Waals surface area contributed by atoms with Gasteiger partial charge >= 0.3 is 5.97 Å². The minimum Gasteiger partial charge on any atom is -0.465 e. The molecule has 0 bridgehead atoms. The molecule has 0 radical (unpaired) electrons. The quantitative estimate of drug-likeness (QED) is 0.501. The fraction of sp³-hybridized carbons (Fsp3) is 0.438. The monoisotopic (exact) mass is 345 g/mol. The highest BCUT2D eigenvalue weighted by atomic mass is 16.6. The van der Waals surface area contributed by atoms with Crippen molar-refractivity contribution in [2.45, 2.75) is 38.8 Å². The van der Waals surface area contributed by atoms with Gasteiger partial charge in [0.1, 0.15) is 11.4 Å². The van der Waals surface area contributed by atoms with Crippen molar-refractivity contribution in [2.24, 2.45) is 0 Å². The van der Waals surface area contributed by atoms with Crippen molar-refractivity contribution >= 4 is 17.3 Å². The summed E-state index contributed by atoms with van der Waals surface area (Å²) in [6.45, 7) is 2.68. The van der Waals surface area contributed by atoms with E-state index in [1.54, 1.807) is 6.07 Å². The van der Waals surface area contributed by atoms with Crippen LogP contribution in [0.25, 0.3) is 0 Å². The molecular weight excluding hydrogens is 326 g/mol. The zero-order chi connectivity index (χ0) is 18.0. The maximum atomic E-state index is 11.8. The van der Waals surface area contributed by atoms with Gasteiger partial charge in [-0.1, -0.05) is 6.92 Å². The number of nitro benzene ring substituents is 1. The topological polar surface area (TPSA) is 112 Å². The number of esters is 1. The summed E-state index contributed by atoms with van der Waals surface area (Å²) >= 11 is 0. The molecule has 9 heteroatoms. The highest BCUT2D eigenvalue weighted by Gasteiger charge is 2.24. The first-order chi connectivity index (χ1) is 12.0. The number of benzene rings is 1. The highest BCUT2D eigenvalue weighted by Crippen LogP contribution is 2.25. The summed E-state index contributed by atoms with van der Waals surface area (Å²) in [6, 6.07) is 4.47. The van der Waals surface area contributed by atoms with Crippen LogP contribution in [0.5, 0.6) is 0 Å². The van der Waals surface area contributed by atoms with E-state index < -0.39 is 10.9 Å². The van der Waals surface area contributed by atoms with E-state index >= 15 is 0 Å². The van der Waals surface area contributed by atoms with Crippen molar-refractivity contribution in [2.75, 3.05) is 12.4 Å². The lowest BCUT2D eigenvalue weighted by Gasteiger charge is -2.24. The van der Waals surface area contributed by atoms with E-state index in [2.05, 4.69) is 20.1 Å². The molecule has 3 rings (SSSR count). The Morgan fingerprint density at radius 1 is 1.52 bits per heavy atom. The fourth-order valence-corrected chi connectivity index (χ4v) is 2.92. The molecule has 0 saturated heterocycles. The Hall–Kier alpha value is -2.97. The first kappa shape index (κ1) is 16.9. The van der Waals surface area contributed by atoms with E-state index in [1.807, 2.05) is 11.6 Å². The van der Waals surface area contributed by atoms with Gasteiger partial charge in [-0.3, -0.25) is 10.1 Å². The Labute approximate surface area is 144 Å². The number of rotatable bonds is 5. The zero-order valence-electron chi connectivity index (χ0n) is 14.1. The van der Waals surface area contributed by atoms with Crippen LogP contribution >= 0.6 is 0 Å². The van der Waals surface area contributed by atoms with E-state index in [1.165, 1.54) is 19.2 Å². The third-order valence-electron chi connectivity index (χ3n) is 4.19. The molecule has 0 fully saturated rings. The van der Waals surface area contributed by atoms with Crippen LogP contribution in [-0.4, -0.2) is 38.8 Å². The number of nitrogens with one attached hydrogen (secondary N) is 1. The maximum absolute atomic E-state index is 11.8. The van der Waals surface area contributed by atoms with E-state index in [9.17, 15) is 14.9 Å². The summed E-state index contributed by atoms with van der Waals surface area (Å²) in [5.74, 6) is 1.08. The van der Waals surface area contributed by atoms with Crippen LogP contribution < -0.4 is 5.32 Å². The van der Waals surface area contributed by atoms with E-state index in [-0.39, 0.29) is 17.3 Å². The molecule has 1 N–H and O–H groups in total. The SMILES string of the molecule is CCc1nc2n(n1)CC(Nc1ccc([N+](=O)[O-])c(C(=O)OC)c1)CC2. The lowest BCUT2D eigenvalue weighted by Crippen LogP contribution is -2.32. The molecule has 0 spiro atoms. The number of aryl methyl sites for hydroxylation is 2. The summed E-state index contributed by atoms with van der Waals surface area (Å²) in [7, 11) is 1.20. The summed E-state index contributed by atoms with van der Waals surface area (Å²) in [5.41, 5.74) is 0.297. The molecular formula is C16H19N5O4. The van der Waals surface area contributed by atoms with Crippen LogP contribution in [0.3, 0.4) is 0 Å². The molecule has 132 valence electrons. The summed E-state index contributed by atoms with van der Waals surface area (Å²) in [6.07, 6.45) is 2.47. The average molecular weight is 345 g/mol. The predicted octanol–water partition coefficient (Wildman–Crippen LogP) is 1.96. The number of aromatic nitrogens is 3. The summed E-state index contributed by atoms with van der Waals surface area (Å²) in [5, 5.41) is 18.8. The van der Waals surface area contributed by atoms with Crippen molar-refractivity contribution in [1.29, 1.82) is 0 Å². The van der Waals surface area contributed by atoms with Gasteiger partial charge in [0, 0.05) is 30.6 Å². The van der Waals surface area contributed by atoms with Gasteiger partial charge in [-0.05, 0) is 18.6 Å². The van der Waals surface area contributed by atoms with Gasteiger partial charge in [-0.15, -0.1) is 0 Å². The molecule has 2 aromatic rings. The second kappa shape index (κ2) is 6.88. The van der Waals surface area contributed by atoms with Gasteiger partial charge < -0.3 is 10.1 Å². The minimum absolute atomic E-state index is 0.0666. The standard InChI is InChI=1S/C16H19N5O4/c1-3-14-18-15-7-5-11(9-20(15)19-14)17-10-4-6-13(21(23)24)12(8-10)16(22)25-2/h4,6,8,11,17H,3,5,7,9H2,1-2H3. The van der Waals surface area contributed by atoms with Gasteiger partial charge in [-0.2, -0.15) is 5.10 Å². The van der Waals surface area contributed by atoms with Crippen molar-refractivity contribution in [3.63, 3.8) is 0 Å². The van der Waals surface area contributed by atoms with Gasteiger partial charge in [-0.25, -0.2) is 14.5 Å². The second-order valence-corrected chi connectivity index (χ2v) is 5.84. The number of fused-ring (bicyclic) bond motifs is 1. The van der Waals surface area contributed by atoms with E-state index in [0.717, 1.165) is 30.9 Å². The van der Waals surface area contributed by atoms with Crippen LogP contribution in [-0.2, 0) is 24.1 Å². The maximum Gasteiger partial charge on any atom is 0.344 e. The van der Waals surface area contributed by atoms with Crippen LogP contribution in [0.15, 0.2) is 18.2 Å². The van der Waals surface area contributed by atoms with Gasteiger partial charge in [0.05, 0.1) is 18.6 Å². The molecule has 1 unspecified atom stereocenters. The van der Waals surface area contributed by atoms with Crippen LogP contribution in [0.4, 0.5) is 11.4 Å². The first-order valence-electron chi connectivity index (χ1n) is 8.07. The zero-order valence-corrected chi connectivity index (χ0v) is 14.1. The number of carbonyl (C=O) groups is 1. The van der Waals surface area contributed by atoms with Gasteiger partial charge in [0.25, 0.3) is 5.69 Å². The summed E-state index contributed by atoms with van der Waals surface area (Å²) < 4.78 is 6.54. The van der Waals surface area contributed by atoms with Gasteiger partial charge in [0.15, 0.2) is 5.82 Å². The number of nitro groups is 1. The lowest BCUT2D eigenvalue weighted by atomic mass is 10.1. The highest BCUT2D eigenvalue weighted by molar-refractivity contribution is 5.95. The molecule has 9 nitrogen and oxygen atoms in total. The molecule has 1 atom stereocenters. The first-order valence-corrected chi connectivity index (χ1v) is 8.07. The molecule has 0 saturated carbocycles. The average Bonchev–Trinajstić information content (AvgIpc) is 3.03. The van der Waals surface area contributed by atoms with Crippen molar-refractivity contribution in [3.05, 3.63) is 45.5 Å². The molecule has 1 aliphatic rings. The number of anilines is 1. The molecule has 25 heavy (non-hydrogen) atoms. The molecule has 0 amide bonds. The number of hydrogen-bond donors (Lipinski definition) is 1. The Morgan fingerprint density at radius 3 is 3.00 bits per heavy atom. The Bertz CT molecular complexity index is 817. The Balaban J connectivity index is 1.79. The number of hydrogen-bond acceptors (Lipinski definition) is 7. The Morgan fingerprint density at radius 2 is 2.32 bits per heavy atom. The second-order valence-electron chi connectivity index (χ2n) is 5.84. The molecule has 0 aliphatic carbocycles. The minimum atomic E-state index is -0.731. The normalized spacial score (nSPS) is 16.2. The van der Waals surface area contributed by atoms with Crippen LogP contribution in [0.2, 0.25) is 0 Å².